The average Bonchev–Trinajstić information content (AvgIpc) is 3.68. The fourth-order valence-corrected chi connectivity index (χ4v) is 7.35. The molecule has 14 heteroatoms. The maximum Gasteiger partial charge on any atom is 0.407 e. The third-order valence-corrected chi connectivity index (χ3v) is 10.9. The zero-order valence-corrected chi connectivity index (χ0v) is 40.4. The lowest BCUT2D eigenvalue weighted by Gasteiger charge is -2.14. The summed E-state index contributed by atoms with van der Waals surface area (Å²) in [6.45, 7) is 13.6. The molecule has 0 bridgehead atoms. The van der Waals surface area contributed by atoms with E-state index in [1.54, 1.807) is 0 Å². The highest BCUT2D eigenvalue weighted by atomic mass is 16.6. The van der Waals surface area contributed by atoms with Gasteiger partial charge in [-0.05, 0) is 59.2 Å². The lowest BCUT2D eigenvalue weighted by Crippen LogP contribution is -2.27. The van der Waals surface area contributed by atoms with Gasteiger partial charge in [0.2, 0.25) is 0 Å². The largest absolute Gasteiger partial charge is 0.491 e. The van der Waals surface area contributed by atoms with Gasteiger partial charge in [-0.15, -0.1) is 0 Å². The van der Waals surface area contributed by atoms with E-state index in [4.69, 9.17) is 56.8 Å². The number of amides is 1. The minimum atomic E-state index is -0.415. The van der Waals surface area contributed by atoms with Gasteiger partial charge in [0.25, 0.3) is 0 Å². The zero-order valence-electron chi connectivity index (χ0n) is 40.4. The van der Waals surface area contributed by atoms with Crippen LogP contribution in [0.2, 0.25) is 0 Å². The highest BCUT2D eigenvalue weighted by Crippen LogP contribution is 2.44. The van der Waals surface area contributed by atoms with Crippen LogP contribution in [0.4, 0.5) is 4.79 Å². The number of rotatable bonds is 45. The first-order valence-electron chi connectivity index (χ1n) is 24.8. The van der Waals surface area contributed by atoms with Gasteiger partial charge in [-0.3, -0.25) is 0 Å². The Morgan fingerprint density at radius 2 is 0.821 bits per heavy atom. The van der Waals surface area contributed by atoms with E-state index in [9.17, 15) is 4.79 Å². The van der Waals surface area contributed by atoms with E-state index in [1.807, 2.05) is 24.3 Å². The summed E-state index contributed by atoms with van der Waals surface area (Å²) in [6.07, 6.45) is 10.8. The van der Waals surface area contributed by atoms with E-state index < -0.39 is 6.09 Å². The SMILES string of the molecule is CCCCCCCCCc1ccc(OCCOCCOCCOCCOCCOCCOCCOCCOCCOCCOCCCNC(=O)OCC2c3ccccc3-c3ccccc32)cc1. The molecule has 0 fully saturated rings. The Morgan fingerprint density at radius 3 is 1.27 bits per heavy atom. The Bertz CT molecular complexity index is 1580. The van der Waals surface area contributed by atoms with Crippen molar-refractivity contribution in [3.05, 3.63) is 89.5 Å². The lowest BCUT2D eigenvalue weighted by molar-refractivity contribution is -0.0267. The maximum atomic E-state index is 12.3. The molecule has 0 spiro atoms. The molecule has 1 aliphatic carbocycles. The van der Waals surface area contributed by atoms with Crippen molar-refractivity contribution < 1.29 is 61.6 Å². The molecule has 0 aliphatic heterocycles. The van der Waals surface area contributed by atoms with Gasteiger partial charge < -0.3 is 62.2 Å². The second kappa shape index (κ2) is 39.2. The molecule has 376 valence electrons. The van der Waals surface area contributed by atoms with E-state index in [-0.39, 0.29) is 5.92 Å². The second-order valence-corrected chi connectivity index (χ2v) is 16.1. The number of unbranched alkanes of at least 4 members (excludes halogenated alkanes) is 6. The van der Waals surface area contributed by atoms with Gasteiger partial charge in [0, 0.05) is 19.1 Å². The van der Waals surface area contributed by atoms with Crippen molar-refractivity contribution in [2.24, 2.45) is 0 Å². The number of ether oxygens (including phenoxy) is 12. The third kappa shape index (κ3) is 26.6. The van der Waals surface area contributed by atoms with E-state index in [0.717, 1.165) is 12.2 Å². The van der Waals surface area contributed by atoms with Crippen LogP contribution in [0.3, 0.4) is 0 Å². The molecule has 0 saturated carbocycles. The highest BCUT2D eigenvalue weighted by Gasteiger charge is 2.29. The molecule has 0 saturated heterocycles. The van der Waals surface area contributed by atoms with Crippen LogP contribution in [0.5, 0.6) is 5.75 Å². The number of hydrogen-bond donors (Lipinski definition) is 1. The molecule has 3 aromatic carbocycles. The summed E-state index contributed by atoms with van der Waals surface area (Å²) in [6, 6.07) is 25.0. The smallest absolute Gasteiger partial charge is 0.407 e. The molecule has 1 amide bonds. The van der Waals surface area contributed by atoms with Crippen molar-refractivity contribution in [1.29, 1.82) is 0 Å². The molecular weight excluding hydrogens is 859 g/mol. The van der Waals surface area contributed by atoms with E-state index >= 15 is 0 Å². The monoisotopic (exact) mass is 940 g/mol. The van der Waals surface area contributed by atoms with Crippen LogP contribution in [-0.2, 0) is 58.5 Å². The third-order valence-electron chi connectivity index (χ3n) is 10.9. The Labute approximate surface area is 400 Å². The van der Waals surface area contributed by atoms with E-state index in [0.29, 0.717) is 158 Å². The van der Waals surface area contributed by atoms with Crippen molar-refractivity contribution in [2.45, 2.75) is 70.6 Å². The van der Waals surface area contributed by atoms with Crippen LogP contribution >= 0.6 is 0 Å². The molecule has 4 rings (SSSR count). The minimum absolute atomic E-state index is 0.0478. The van der Waals surface area contributed by atoms with Gasteiger partial charge in [-0.25, -0.2) is 4.79 Å². The molecule has 0 unspecified atom stereocenters. The van der Waals surface area contributed by atoms with Gasteiger partial charge in [-0.2, -0.15) is 0 Å². The second-order valence-electron chi connectivity index (χ2n) is 16.1. The number of carbonyl (C=O) groups is 1. The fourth-order valence-electron chi connectivity index (χ4n) is 7.35. The van der Waals surface area contributed by atoms with Crippen LogP contribution < -0.4 is 10.1 Å². The van der Waals surface area contributed by atoms with Gasteiger partial charge in [-0.1, -0.05) is 106 Å². The summed E-state index contributed by atoms with van der Waals surface area (Å²) < 4.78 is 66.9. The number of hydrogen-bond acceptors (Lipinski definition) is 13. The van der Waals surface area contributed by atoms with E-state index in [2.05, 4.69) is 60.8 Å². The molecule has 0 heterocycles. The lowest BCUT2D eigenvalue weighted by atomic mass is 9.98. The van der Waals surface area contributed by atoms with Crippen molar-refractivity contribution in [1.82, 2.24) is 5.32 Å². The van der Waals surface area contributed by atoms with Gasteiger partial charge in [0.15, 0.2) is 0 Å². The Morgan fingerprint density at radius 1 is 0.433 bits per heavy atom. The van der Waals surface area contributed by atoms with Crippen LogP contribution in [0.1, 0.15) is 80.9 Å². The normalized spacial score (nSPS) is 12.1. The van der Waals surface area contributed by atoms with Crippen LogP contribution in [-0.4, -0.2) is 158 Å². The molecule has 1 aliphatic rings. The van der Waals surface area contributed by atoms with Gasteiger partial charge in [0.1, 0.15) is 19.0 Å². The summed E-state index contributed by atoms with van der Waals surface area (Å²) in [7, 11) is 0. The number of alkyl carbamates (subject to hydrolysis) is 1. The zero-order chi connectivity index (χ0) is 46.9. The molecule has 1 N–H and O–H groups in total. The highest BCUT2D eigenvalue weighted by molar-refractivity contribution is 5.79. The van der Waals surface area contributed by atoms with Crippen LogP contribution in [0, 0.1) is 0 Å². The van der Waals surface area contributed by atoms with Gasteiger partial charge >= 0.3 is 6.09 Å². The van der Waals surface area contributed by atoms with Crippen molar-refractivity contribution >= 4 is 6.09 Å². The van der Waals surface area contributed by atoms with Crippen LogP contribution in [0.15, 0.2) is 72.8 Å². The summed E-state index contributed by atoms with van der Waals surface area (Å²) >= 11 is 0. The summed E-state index contributed by atoms with van der Waals surface area (Å²) in [5, 5.41) is 2.81. The van der Waals surface area contributed by atoms with Gasteiger partial charge in [0.05, 0.1) is 126 Å². The fraction of sp³-hybridized carbons (Fsp3) is 0.642. The molecular formula is C53H81NO13. The first-order valence-corrected chi connectivity index (χ1v) is 24.8. The Hall–Kier alpha value is -3.67. The number of carbonyl (C=O) groups excluding carboxylic acids is 1. The Balaban J connectivity index is 0.764. The number of fused-ring (bicyclic) bond motifs is 3. The first kappa shape index (κ1) is 55.9. The molecule has 14 nitrogen and oxygen atoms in total. The molecule has 0 radical (unpaired) electrons. The maximum absolute atomic E-state index is 12.3. The topological polar surface area (TPSA) is 140 Å². The predicted molar refractivity (Wildman–Crippen MR) is 260 cm³/mol. The molecule has 3 aromatic rings. The standard InChI is InChI=1S/C53H81NO13/c1-2-3-4-5-6-7-8-14-46-19-21-47(22-20-46)66-44-43-65-42-41-64-40-39-63-38-37-62-36-35-61-34-33-60-32-31-59-30-29-58-28-27-57-26-25-56-24-13-23-54-53(55)67-45-52-50-17-11-9-15-48(50)49-16-10-12-18-51(49)52/h9-12,15-22,52H,2-8,13-14,23-45H2,1H3,(H,54,55). The first-order chi connectivity index (χ1) is 33.3. The summed E-state index contributed by atoms with van der Waals surface area (Å²) in [4.78, 5) is 12.3. The number of nitrogens with one attached hydrogen (secondary N) is 1. The molecule has 0 aromatic heterocycles. The summed E-state index contributed by atoms with van der Waals surface area (Å²) in [5.41, 5.74) is 6.19. The Kier molecular flexibility index (Phi) is 32.7. The minimum Gasteiger partial charge on any atom is -0.491 e. The van der Waals surface area contributed by atoms with Crippen molar-refractivity contribution in [2.75, 3.05) is 152 Å². The molecule has 0 atom stereocenters. The number of benzene rings is 3. The quantitative estimate of drug-likeness (QED) is 0.0543. The summed E-state index contributed by atoms with van der Waals surface area (Å²) in [5.74, 6) is 0.930. The van der Waals surface area contributed by atoms with Crippen LogP contribution in [0.25, 0.3) is 11.1 Å². The average molecular weight is 940 g/mol. The van der Waals surface area contributed by atoms with Crippen molar-refractivity contribution in [3.8, 4) is 16.9 Å². The number of aryl methyl sites for hydroxylation is 1. The van der Waals surface area contributed by atoms with E-state index in [1.165, 1.54) is 72.8 Å². The predicted octanol–water partition coefficient (Wildman–Crippen LogP) is 8.45. The molecule has 67 heavy (non-hydrogen) atoms. The van der Waals surface area contributed by atoms with Crippen molar-refractivity contribution in [3.63, 3.8) is 0 Å².